The monoisotopic (exact) mass is 293 g/mol. The van der Waals surface area contributed by atoms with Crippen LogP contribution in [0, 0.1) is 5.92 Å². The zero-order valence-corrected chi connectivity index (χ0v) is 13.4. The summed E-state index contributed by atoms with van der Waals surface area (Å²) in [5, 5.41) is 3.23. The molecule has 6 nitrogen and oxygen atoms in total. The van der Waals surface area contributed by atoms with Gasteiger partial charge in [-0.2, -0.15) is 15.0 Å². The van der Waals surface area contributed by atoms with Gasteiger partial charge in [0.05, 0.1) is 6.61 Å². The molecule has 1 saturated heterocycles. The van der Waals surface area contributed by atoms with Crippen molar-refractivity contribution >= 4 is 11.9 Å². The van der Waals surface area contributed by atoms with Crippen molar-refractivity contribution in [3.8, 4) is 6.01 Å². The number of hydrogen-bond acceptors (Lipinski definition) is 6. The highest BCUT2D eigenvalue weighted by atomic mass is 16.5. The van der Waals surface area contributed by atoms with Gasteiger partial charge in [0.2, 0.25) is 11.9 Å². The molecule has 118 valence electrons. The van der Waals surface area contributed by atoms with Crippen LogP contribution in [0.2, 0.25) is 0 Å². The van der Waals surface area contributed by atoms with E-state index in [1.54, 1.807) is 0 Å². The number of aromatic nitrogens is 3. The number of hydrogen-bond donors (Lipinski definition) is 1. The summed E-state index contributed by atoms with van der Waals surface area (Å²) in [4.78, 5) is 15.5. The average molecular weight is 293 g/mol. The second-order valence-electron chi connectivity index (χ2n) is 5.89. The molecule has 1 aliphatic rings. The number of anilines is 2. The van der Waals surface area contributed by atoms with Crippen molar-refractivity contribution in [2.75, 3.05) is 36.5 Å². The molecule has 0 spiro atoms. The predicted octanol–water partition coefficient (Wildman–Crippen LogP) is 2.72. The molecular formula is C15H27N5O. The van der Waals surface area contributed by atoms with E-state index in [2.05, 4.69) is 45.9 Å². The molecule has 2 heterocycles. The van der Waals surface area contributed by atoms with E-state index < -0.39 is 0 Å². The maximum atomic E-state index is 5.71. The first kappa shape index (κ1) is 15.8. The molecule has 1 aliphatic heterocycles. The van der Waals surface area contributed by atoms with Crippen LogP contribution in [0.25, 0.3) is 0 Å². The molecule has 0 saturated carbocycles. The molecule has 0 atom stereocenters. The first-order valence-electron chi connectivity index (χ1n) is 8.06. The topological polar surface area (TPSA) is 63.2 Å². The molecule has 1 N–H and O–H groups in total. The van der Waals surface area contributed by atoms with Crippen LogP contribution in [0.3, 0.4) is 0 Å². The lowest BCUT2D eigenvalue weighted by atomic mass is 10.1. The minimum absolute atomic E-state index is 0.436. The summed E-state index contributed by atoms with van der Waals surface area (Å²) in [6, 6.07) is 0.436. The average Bonchev–Trinajstić information content (AvgIpc) is 2.99. The first-order chi connectivity index (χ1) is 10.2. The lowest BCUT2D eigenvalue weighted by Gasteiger charge is -2.17. The molecule has 0 bridgehead atoms. The van der Waals surface area contributed by atoms with E-state index in [4.69, 9.17) is 4.74 Å². The van der Waals surface area contributed by atoms with Crippen LogP contribution >= 0.6 is 0 Å². The fraction of sp³-hybridized carbons (Fsp3) is 0.800. The Kier molecular flexibility index (Phi) is 6.02. The maximum absolute atomic E-state index is 5.71. The van der Waals surface area contributed by atoms with Crippen LogP contribution in [-0.4, -0.2) is 41.2 Å². The third kappa shape index (κ3) is 5.02. The van der Waals surface area contributed by atoms with Gasteiger partial charge >= 0.3 is 6.01 Å². The van der Waals surface area contributed by atoms with Crippen LogP contribution in [0.1, 0.15) is 46.5 Å². The fourth-order valence-corrected chi connectivity index (χ4v) is 2.17. The summed E-state index contributed by atoms with van der Waals surface area (Å²) in [5.41, 5.74) is 0. The molecule has 0 amide bonds. The lowest BCUT2D eigenvalue weighted by molar-refractivity contribution is 0.268. The van der Waals surface area contributed by atoms with E-state index in [9.17, 15) is 0 Å². The van der Waals surface area contributed by atoms with Gasteiger partial charge < -0.3 is 15.0 Å². The van der Waals surface area contributed by atoms with Crippen molar-refractivity contribution < 1.29 is 4.74 Å². The van der Waals surface area contributed by atoms with Crippen molar-refractivity contribution in [1.82, 2.24) is 15.0 Å². The summed E-state index contributed by atoms with van der Waals surface area (Å²) in [6.45, 7) is 10.0. The quantitative estimate of drug-likeness (QED) is 0.795. The highest BCUT2D eigenvalue weighted by molar-refractivity contribution is 5.39. The standard InChI is InChI=1S/C15H27N5O/c1-4-8-16-13-17-14(20-9-5-6-10-20)19-15(18-13)21-11-7-12(2)3/h12H,4-11H2,1-3H3,(H,16,17,18,19). The maximum Gasteiger partial charge on any atom is 0.323 e. The summed E-state index contributed by atoms with van der Waals surface area (Å²) >= 11 is 0. The smallest absolute Gasteiger partial charge is 0.323 e. The molecule has 21 heavy (non-hydrogen) atoms. The van der Waals surface area contributed by atoms with Gasteiger partial charge in [0.25, 0.3) is 0 Å². The van der Waals surface area contributed by atoms with Crippen LogP contribution < -0.4 is 15.0 Å². The summed E-state index contributed by atoms with van der Waals surface area (Å²) < 4.78 is 5.71. The Morgan fingerprint density at radius 1 is 1.19 bits per heavy atom. The fourth-order valence-electron chi connectivity index (χ4n) is 2.17. The minimum Gasteiger partial charge on any atom is -0.463 e. The van der Waals surface area contributed by atoms with E-state index >= 15 is 0 Å². The van der Waals surface area contributed by atoms with E-state index in [0.717, 1.165) is 38.4 Å². The van der Waals surface area contributed by atoms with Crippen molar-refractivity contribution in [2.45, 2.75) is 46.5 Å². The third-order valence-electron chi connectivity index (χ3n) is 3.45. The molecule has 2 rings (SSSR count). The Morgan fingerprint density at radius 2 is 1.95 bits per heavy atom. The summed E-state index contributed by atoms with van der Waals surface area (Å²) in [7, 11) is 0. The van der Waals surface area contributed by atoms with Crippen LogP contribution in [0.15, 0.2) is 0 Å². The Labute approximate surface area is 127 Å². The van der Waals surface area contributed by atoms with Crippen LogP contribution in [-0.2, 0) is 0 Å². The third-order valence-corrected chi connectivity index (χ3v) is 3.45. The zero-order valence-electron chi connectivity index (χ0n) is 13.4. The first-order valence-corrected chi connectivity index (χ1v) is 8.06. The van der Waals surface area contributed by atoms with Gasteiger partial charge in [0.1, 0.15) is 0 Å². The highest BCUT2D eigenvalue weighted by Crippen LogP contribution is 2.19. The van der Waals surface area contributed by atoms with Crippen LogP contribution in [0.5, 0.6) is 6.01 Å². The second kappa shape index (κ2) is 8.00. The Bertz CT molecular complexity index is 432. The van der Waals surface area contributed by atoms with E-state index in [0.29, 0.717) is 24.5 Å². The van der Waals surface area contributed by atoms with Crippen molar-refractivity contribution in [3.63, 3.8) is 0 Å². The predicted molar refractivity (Wildman–Crippen MR) is 85.0 cm³/mol. The number of nitrogens with zero attached hydrogens (tertiary/aromatic N) is 4. The highest BCUT2D eigenvalue weighted by Gasteiger charge is 2.17. The zero-order chi connectivity index (χ0) is 15.1. The Balaban J connectivity index is 2.07. The van der Waals surface area contributed by atoms with Gasteiger partial charge in [-0.1, -0.05) is 20.8 Å². The van der Waals surface area contributed by atoms with Crippen molar-refractivity contribution in [3.05, 3.63) is 0 Å². The molecule has 1 aromatic heterocycles. The van der Waals surface area contributed by atoms with E-state index in [-0.39, 0.29) is 0 Å². The minimum atomic E-state index is 0.436. The molecule has 0 radical (unpaired) electrons. The Morgan fingerprint density at radius 3 is 2.62 bits per heavy atom. The summed E-state index contributed by atoms with van der Waals surface area (Å²) in [6.07, 6.45) is 4.44. The normalized spacial score (nSPS) is 14.8. The van der Waals surface area contributed by atoms with Gasteiger partial charge in [-0.15, -0.1) is 0 Å². The van der Waals surface area contributed by atoms with Gasteiger partial charge in [0.15, 0.2) is 0 Å². The number of nitrogens with one attached hydrogen (secondary N) is 1. The van der Waals surface area contributed by atoms with Gasteiger partial charge in [-0.3, -0.25) is 0 Å². The molecular weight excluding hydrogens is 266 g/mol. The van der Waals surface area contributed by atoms with Gasteiger partial charge in [0, 0.05) is 19.6 Å². The van der Waals surface area contributed by atoms with E-state index in [1.807, 2.05) is 0 Å². The Hall–Kier alpha value is -1.59. The van der Waals surface area contributed by atoms with Crippen molar-refractivity contribution in [2.24, 2.45) is 5.92 Å². The molecule has 0 unspecified atom stereocenters. The molecule has 1 aromatic rings. The molecule has 0 aromatic carbocycles. The molecule has 6 heteroatoms. The largest absolute Gasteiger partial charge is 0.463 e. The van der Waals surface area contributed by atoms with E-state index in [1.165, 1.54) is 12.8 Å². The lowest BCUT2D eigenvalue weighted by Crippen LogP contribution is -2.22. The van der Waals surface area contributed by atoms with Gasteiger partial charge in [-0.25, -0.2) is 0 Å². The van der Waals surface area contributed by atoms with Gasteiger partial charge in [-0.05, 0) is 31.6 Å². The molecule has 0 aliphatic carbocycles. The SMILES string of the molecule is CCCNc1nc(OCCC(C)C)nc(N2CCCC2)n1. The van der Waals surface area contributed by atoms with Crippen LogP contribution in [0.4, 0.5) is 11.9 Å². The summed E-state index contributed by atoms with van der Waals surface area (Å²) in [5.74, 6) is 1.97. The number of rotatable bonds is 8. The second-order valence-corrected chi connectivity index (χ2v) is 5.89. The van der Waals surface area contributed by atoms with Crippen molar-refractivity contribution in [1.29, 1.82) is 0 Å². The molecule has 1 fully saturated rings. The number of ether oxygens (including phenoxy) is 1.